The highest BCUT2D eigenvalue weighted by Crippen LogP contribution is 2.00. The van der Waals surface area contributed by atoms with Crippen LogP contribution in [0, 0.1) is 5.41 Å². The second kappa shape index (κ2) is 6.67. The summed E-state index contributed by atoms with van der Waals surface area (Å²) in [5, 5.41) is 13.1. The van der Waals surface area contributed by atoms with Crippen LogP contribution in [0.5, 0.6) is 0 Å². The van der Waals surface area contributed by atoms with Crippen molar-refractivity contribution in [1.82, 2.24) is 10.6 Å². The van der Waals surface area contributed by atoms with Crippen LogP contribution in [0.3, 0.4) is 0 Å². The van der Waals surface area contributed by atoms with Gasteiger partial charge >= 0.3 is 0 Å². The molecule has 0 radical (unpaired) electrons. The maximum Gasteiger partial charge on any atom is 0.138 e. The number of hydrogen-bond donors (Lipinski definition) is 3. The summed E-state index contributed by atoms with van der Waals surface area (Å²) in [5.74, 6) is 0.187. The van der Waals surface area contributed by atoms with Crippen LogP contribution in [0.2, 0.25) is 0 Å². The molecule has 0 saturated carbocycles. The number of halogens is 1. The summed E-state index contributed by atoms with van der Waals surface area (Å²) >= 11 is 5.68. The van der Waals surface area contributed by atoms with Gasteiger partial charge in [0.2, 0.25) is 0 Å². The SMILES string of the molecule is CCNC(=N)/C(Cl)=C\N=C\NC. The highest BCUT2D eigenvalue weighted by Gasteiger charge is 1.97. The van der Waals surface area contributed by atoms with E-state index < -0.39 is 0 Å². The third-order valence-electron chi connectivity index (χ3n) is 0.984. The van der Waals surface area contributed by atoms with Crippen molar-refractivity contribution in [1.29, 1.82) is 5.41 Å². The predicted molar refractivity (Wildman–Crippen MR) is 52.9 cm³/mol. The van der Waals surface area contributed by atoms with Crippen LogP contribution in [0.1, 0.15) is 6.92 Å². The molecule has 0 atom stereocenters. The first-order valence-electron chi connectivity index (χ1n) is 3.59. The lowest BCUT2D eigenvalue weighted by Gasteiger charge is -2.01. The van der Waals surface area contributed by atoms with Crippen molar-refractivity contribution < 1.29 is 0 Å². The van der Waals surface area contributed by atoms with Gasteiger partial charge in [-0.1, -0.05) is 11.6 Å². The summed E-state index contributed by atoms with van der Waals surface area (Å²) in [4.78, 5) is 3.78. The van der Waals surface area contributed by atoms with Gasteiger partial charge in [0.1, 0.15) is 10.9 Å². The van der Waals surface area contributed by atoms with E-state index in [0.29, 0.717) is 11.6 Å². The Labute approximate surface area is 77.2 Å². The number of rotatable bonds is 4. The largest absolute Gasteiger partial charge is 0.379 e. The van der Waals surface area contributed by atoms with Crippen LogP contribution in [0.4, 0.5) is 0 Å². The Kier molecular flexibility index (Phi) is 6.09. The fourth-order valence-corrected chi connectivity index (χ4v) is 0.626. The Morgan fingerprint density at radius 1 is 1.67 bits per heavy atom. The fourth-order valence-electron chi connectivity index (χ4n) is 0.503. The normalized spacial score (nSPS) is 11.8. The molecular weight excluding hydrogens is 176 g/mol. The van der Waals surface area contributed by atoms with Crippen molar-refractivity contribution in [2.45, 2.75) is 6.92 Å². The summed E-state index contributed by atoms with van der Waals surface area (Å²) in [6.07, 6.45) is 2.89. The molecular formula is C7H13ClN4. The molecule has 0 unspecified atom stereocenters. The molecule has 0 bridgehead atoms. The van der Waals surface area contributed by atoms with Gasteiger partial charge in [-0.05, 0) is 6.92 Å². The fraction of sp³-hybridized carbons (Fsp3) is 0.429. The topological polar surface area (TPSA) is 60.3 Å². The van der Waals surface area contributed by atoms with Crippen LogP contribution in [-0.2, 0) is 0 Å². The van der Waals surface area contributed by atoms with Gasteiger partial charge < -0.3 is 10.6 Å². The zero-order valence-electron chi connectivity index (χ0n) is 7.19. The van der Waals surface area contributed by atoms with Crippen LogP contribution < -0.4 is 10.6 Å². The molecule has 0 aliphatic carbocycles. The predicted octanol–water partition coefficient (Wildman–Crippen LogP) is 0.901. The molecule has 0 aliphatic heterocycles. The molecule has 0 fully saturated rings. The lowest BCUT2D eigenvalue weighted by Crippen LogP contribution is -2.21. The molecule has 0 saturated heterocycles. The molecule has 4 nitrogen and oxygen atoms in total. The highest BCUT2D eigenvalue weighted by atomic mass is 35.5. The van der Waals surface area contributed by atoms with Gasteiger partial charge in [-0.25, -0.2) is 4.99 Å². The molecule has 5 heteroatoms. The van der Waals surface area contributed by atoms with Gasteiger partial charge in [-0.15, -0.1) is 0 Å². The number of aliphatic imine (C=N–C) groups is 1. The highest BCUT2D eigenvalue weighted by molar-refractivity contribution is 6.42. The molecule has 0 aliphatic rings. The molecule has 0 rings (SSSR count). The van der Waals surface area contributed by atoms with Gasteiger partial charge in [0.05, 0.1) is 12.5 Å². The van der Waals surface area contributed by atoms with Crippen molar-refractivity contribution in [3.8, 4) is 0 Å². The van der Waals surface area contributed by atoms with Crippen LogP contribution in [0.15, 0.2) is 16.2 Å². The zero-order chi connectivity index (χ0) is 9.40. The van der Waals surface area contributed by atoms with Crippen molar-refractivity contribution in [2.75, 3.05) is 13.6 Å². The average Bonchev–Trinajstić information content (AvgIpc) is 2.05. The van der Waals surface area contributed by atoms with Gasteiger partial charge in [0.15, 0.2) is 0 Å². The number of nitrogens with zero attached hydrogens (tertiary/aromatic N) is 1. The van der Waals surface area contributed by atoms with E-state index in [9.17, 15) is 0 Å². The lowest BCUT2D eigenvalue weighted by molar-refractivity contribution is 0.960. The Hall–Kier alpha value is -1.03. The van der Waals surface area contributed by atoms with Crippen molar-refractivity contribution >= 4 is 23.8 Å². The van der Waals surface area contributed by atoms with E-state index in [0.717, 1.165) is 0 Å². The quantitative estimate of drug-likeness (QED) is 0.454. The molecule has 0 aromatic heterocycles. The van der Waals surface area contributed by atoms with E-state index in [1.54, 1.807) is 7.05 Å². The summed E-state index contributed by atoms with van der Waals surface area (Å²) in [6.45, 7) is 2.58. The average molecular weight is 189 g/mol. The Morgan fingerprint density at radius 2 is 2.33 bits per heavy atom. The summed E-state index contributed by atoms with van der Waals surface area (Å²) in [7, 11) is 1.74. The van der Waals surface area contributed by atoms with E-state index in [1.807, 2.05) is 6.92 Å². The van der Waals surface area contributed by atoms with Crippen molar-refractivity contribution in [3.63, 3.8) is 0 Å². The van der Waals surface area contributed by atoms with Crippen LogP contribution in [0.25, 0.3) is 0 Å². The molecule has 68 valence electrons. The first kappa shape index (κ1) is 11.0. The molecule has 0 aromatic rings. The van der Waals surface area contributed by atoms with Crippen molar-refractivity contribution in [3.05, 3.63) is 11.2 Å². The minimum atomic E-state index is 0.187. The van der Waals surface area contributed by atoms with Crippen molar-refractivity contribution in [2.24, 2.45) is 4.99 Å². The summed E-state index contributed by atoms with van der Waals surface area (Å²) in [5.41, 5.74) is 0. The number of amidine groups is 1. The Bertz CT molecular complexity index is 198. The maximum absolute atomic E-state index is 7.32. The molecule has 12 heavy (non-hydrogen) atoms. The second-order valence-electron chi connectivity index (χ2n) is 1.95. The van der Waals surface area contributed by atoms with Crippen LogP contribution >= 0.6 is 11.6 Å². The summed E-state index contributed by atoms with van der Waals surface area (Å²) < 4.78 is 0. The zero-order valence-corrected chi connectivity index (χ0v) is 7.94. The van der Waals surface area contributed by atoms with E-state index in [1.165, 1.54) is 12.5 Å². The van der Waals surface area contributed by atoms with Gasteiger partial charge in [0, 0.05) is 13.6 Å². The molecule has 3 N–H and O–H groups in total. The molecule has 0 spiro atoms. The monoisotopic (exact) mass is 188 g/mol. The Morgan fingerprint density at radius 3 is 2.83 bits per heavy atom. The minimum Gasteiger partial charge on any atom is -0.379 e. The third-order valence-corrected chi connectivity index (χ3v) is 1.27. The Balaban J connectivity index is 3.99. The van der Waals surface area contributed by atoms with E-state index in [4.69, 9.17) is 17.0 Å². The molecule has 0 amide bonds. The van der Waals surface area contributed by atoms with Crippen LogP contribution in [-0.4, -0.2) is 25.8 Å². The van der Waals surface area contributed by atoms with E-state index in [2.05, 4.69) is 15.6 Å². The number of nitrogens with one attached hydrogen (secondary N) is 3. The van der Waals surface area contributed by atoms with Gasteiger partial charge in [0.25, 0.3) is 0 Å². The molecule has 0 aromatic carbocycles. The first-order valence-corrected chi connectivity index (χ1v) is 3.97. The smallest absolute Gasteiger partial charge is 0.138 e. The number of hydrogen-bond acceptors (Lipinski definition) is 2. The lowest BCUT2D eigenvalue weighted by atomic mass is 10.5. The molecule has 0 heterocycles. The summed E-state index contributed by atoms with van der Waals surface area (Å²) in [6, 6.07) is 0. The first-order chi connectivity index (χ1) is 5.72. The second-order valence-corrected chi connectivity index (χ2v) is 2.36. The van der Waals surface area contributed by atoms with E-state index >= 15 is 0 Å². The standard InChI is InChI=1S/C7H13ClN4/c1-3-12-7(9)6(8)4-11-5-10-2/h4-5H,3H2,1-2H3,(H2,9,12)(H,10,11)/b6-4+. The van der Waals surface area contributed by atoms with E-state index in [-0.39, 0.29) is 5.84 Å². The minimum absolute atomic E-state index is 0.187. The number of likely N-dealkylation sites (N-methyl/N-ethyl adjacent to an activating group) is 1. The maximum atomic E-state index is 7.32. The third kappa shape index (κ3) is 4.73. The van der Waals surface area contributed by atoms with Gasteiger partial charge in [-0.3, -0.25) is 5.41 Å². The van der Waals surface area contributed by atoms with Gasteiger partial charge in [-0.2, -0.15) is 0 Å².